The fourth-order valence-corrected chi connectivity index (χ4v) is 3.81. The first-order chi connectivity index (χ1) is 10.2. The lowest BCUT2D eigenvalue weighted by Gasteiger charge is -2.17. The molecule has 4 heteroatoms. The van der Waals surface area contributed by atoms with E-state index in [0.717, 1.165) is 16.1 Å². The van der Waals surface area contributed by atoms with Crippen LogP contribution in [0.3, 0.4) is 0 Å². The van der Waals surface area contributed by atoms with Gasteiger partial charge in [0.25, 0.3) is 0 Å². The molecule has 0 aliphatic carbocycles. The molecule has 106 valence electrons. The molecule has 2 N–H and O–H groups in total. The fourth-order valence-electron chi connectivity index (χ4n) is 2.46. The standard InChI is InChI=1S/C17H15NO2S/c1-11-15(17(19)20)16(12-7-3-2-4-8-12)21-14-10-6-5-9-13(14)18-11/h2-10,16,18H,1H3,(H,19,20). The molecule has 3 nitrogen and oxygen atoms in total. The largest absolute Gasteiger partial charge is 0.478 e. The summed E-state index contributed by atoms with van der Waals surface area (Å²) in [5.41, 5.74) is 3.05. The van der Waals surface area contributed by atoms with Gasteiger partial charge in [-0.15, -0.1) is 11.8 Å². The van der Waals surface area contributed by atoms with E-state index in [4.69, 9.17) is 0 Å². The molecule has 1 unspecified atom stereocenters. The Hall–Kier alpha value is -2.20. The van der Waals surface area contributed by atoms with Crippen LogP contribution in [-0.4, -0.2) is 11.1 Å². The molecule has 1 aliphatic rings. The number of fused-ring (bicyclic) bond motifs is 1. The lowest BCUT2D eigenvalue weighted by molar-refractivity contribution is -0.132. The molecule has 0 spiro atoms. The molecule has 0 fully saturated rings. The van der Waals surface area contributed by atoms with Gasteiger partial charge in [-0.1, -0.05) is 42.5 Å². The molecular formula is C17H15NO2S. The SMILES string of the molecule is CC1=C(C(=O)O)C(c2ccccc2)Sc2ccccc2N1. The number of aliphatic carboxylic acids is 1. The summed E-state index contributed by atoms with van der Waals surface area (Å²) in [6.07, 6.45) is 0. The summed E-state index contributed by atoms with van der Waals surface area (Å²) < 4.78 is 0. The summed E-state index contributed by atoms with van der Waals surface area (Å²) in [6, 6.07) is 17.7. The van der Waals surface area contributed by atoms with Gasteiger partial charge in [-0.25, -0.2) is 4.79 Å². The van der Waals surface area contributed by atoms with Crippen LogP contribution in [0.2, 0.25) is 0 Å². The van der Waals surface area contributed by atoms with E-state index in [9.17, 15) is 9.90 Å². The van der Waals surface area contributed by atoms with Gasteiger partial charge in [0.15, 0.2) is 0 Å². The number of para-hydroxylation sites is 1. The minimum Gasteiger partial charge on any atom is -0.478 e. The summed E-state index contributed by atoms with van der Waals surface area (Å²) in [6.45, 7) is 1.82. The predicted molar refractivity (Wildman–Crippen MR) is 85.4 cm³/mol. The molecule has 2 aromatic rings. The number of allylic oxidation sites excluding steroid dienone is 1. The van der Waals surface area contributed by atoms with E-state index >= 15 is 0 Å². The first kappa shape index (κ1) is 13.8. The number of benzene rings is 2. The van der Waals surface area contributed by atoms with Crippen LogP contribution in [0, 0.1) is 0 Å². The molecule has 2 aromatic carbocycles. The van der Waals surface area contributed by atoms with Gasteiger partial charge in [-0.05, 0) is 24.6 Å². The van der Waals surface area contributed by atoms with E-state index in [1.807, 2.05) is 61.5 Å². The number of rotatable bonds is 2. The molecular weight excluding hydrogens is 282 g/mol. The molecule has 1 aliphatic heterocycles. The normalized spacial score (nSPS) is 17.7. The van der Waals surface area contributed by atoms with E-state index in [1.165, 1.54) is 0 Å². The molecule has 3 rings (SSSR count). The predicted octanol–water partition coefficient (Wildman–Crippen LogP) is 4.30. The summed E-state index contributed by atoms with van der Waals surface area (Å²) in [4.78, 5) is 12.8. The molecule has 1 heterocycles. The van der Waals surface area contributed by atoms with Crippen LogP contribution < -0.4 is 5.32 Å². The number of carboxylic acids is 1. The molecule has 21 heavy (non-hydrogen) atoms. The number of thioether (sulfide) groups is 1. The van der Waals surface area contributed by atoms with Crippen molar-refractivity contribution in [2.45, 2.75) is 17.1 Å². The Labute approximate surface area is 127 Å². The Morgan fingerprint density at radius 2 is 1.76 bits per heavy atom. The lowest BCUT2D eigenvalue weighted by atomic mass is 10.0. The second-order valence-corrected chi connectivity index (χ2v) is 6.02. The van der Waals surface area contributed by atoms with Crippen molar-refractivity contribution in [3.05, 3.63) is 71.4 Å². The zero-order chi connectivity index (χ0) is 14.8. The molecule has 0 saturated heterocycles. The highest BCUT2D eigenvalue weighted by Gasteiger charge is 2.29. The van der Waals surface area contributed by atoms with E-state index in [-0.39, 0.29) is 5.25 Å². The van der Waals surface area contributed by atoms with Crippen molar-refractivity contribution in [2.75, 3.05) is 5.32 Å². The van der Waals surface area contributed by atoms with Gasteiger partial charge in [0.1, 0.15) is 0 Å². The zero-order valence-electron chi connectivity index (χ0n) is 11.5. The van der Waals surface area contributed by atoms with Gasteiger partial charge in [-0.2, -0.15) is 0 Å². The average molecular weight is 297 g/mol. The Kier molecular flexibility index (Phi) is 3.71. The second kappa shape index (κ2) is 5.66. The van der Waals surface area contributed by atoms with Crippen molar-refractivity contribution >= 4 is 23.4 Å². The first-order valence-corrected chi connectivity index (χ1v) is 7.56. The van der Waals surface area contributed by atoms with E-state index in [2.05, 4.69) is 5.32 Å². The van der Waals surface area contributed by atoms with Crippen LogP contribution in [0.25, 0.3) is 0 Å². The topological polar surface area (TPSA) is 49.3 Å². The highest BCUT2D eigenvalue weighted by atomic mass is 32.2. The maximum Gasteiger partial charge on any atom is 0.334 e. The van der Waals surface area contributed by atoms with Gasteiger partial charge in [0.05, 0.1) is 16.5 Å². The Morgan fingerprint density at radius 3 is 2.48 bits per heavy atom. The van der Waals surface area contributed by atoms with Crippen molar-refractivity contribution in [3.8, 4) is 0 Å². The quantitative estimate of drug-likeness (QED) is 0.867. The Morgan fingerprint density at radius 1 is 1.10 bits per heavy atom. The highest BCUT2D eigenvalue weighted by molar-refractivity contribution is 8.00. The van der Waals surface area contributed by atoms with Crippen molar-refractivity contribution in [1.82, 2.24) is 0 Å². The number of carboxylic acid groups (broad SMARTS) is 1. The smallest absolute Gasteiger partial charge is 0.334 e. The van der Waals surface area contributed by atoms with E-state index in [1.54, 1.807) is 11.8 Å². The van der Waals surface area contributed by atoms with Crippen LogP contribution in [0.5, 0.6) is 0 Å². The summed E-state index contributed by atoms with van der Waals surface area (Å²) in [7, 11) is 0. The van der Waals surface area contributed by atoms with Crippen molar-refractivity contribution < 1.29 is 9.90 Å². The Balaban J connectivity index is 2.15. The Bertz CT molecular complexity index is 710. The van der Waals surface area contributed by atoms with Crippen LogP contribution in [0.1, 0.15) is 17.7 Å². The molecule has 0 aromatic heterocycles. The van der Waals surface area contributed by atoms with Gasteiger partial charge >= 0.3 is 5.97 Å². The maximum absolute atomic E-state index is 11.7. The van der Waals surface area contributed by atoms with E-state index in [0.29, 0.717) is 11.3 Å². The molecule has 0 bridgehead atoms. The molecule has 0 saturated carbocycles. The summed E-state index contributed by atoms with van der Waals surface area (Å²) in [5, 5.41) is 12.6. The number of hydrogen-bond acceptors (Lipinski definition) is 3. The number of nitrogens with one attached hydrogen (secondary N) is 1. The number of anilines is 1. The summed E-state index contributed by atoms with van der Waals surface area (Å²) in [5.74, 6) is -0.880. The average Bonchev–Trinajstić information content (AvgIpc) is 2.63. The van der Waals surface area contributed by atoms with Gasteiger partial charge < -0.3 is 10.4 Å². The van der Waals surface area contributed by atoms with Crippen molar-refractivity contribution in [3.63, 3.8) is 0 Å². The third-order valence-electron chi connectivity index (χ3n) is 3.45. The first-order valence-electron chi connectivity index (χ1n) is 6.68. The lowest BCUT2D eigenvalue weighted by Crippen LogP contribution is -2.12. The minimum absolute atomic E-state index is 0.222. The van der Waals surface area contributed by atoms with Gasteiger partial charge in [0.2, 0.25) is 0 Å². The fraction of sp³-hybridized carbons (Fsp3) is 0.118. The van der Waals surface area contributed by atoms with Crippen LogP contribution in [-0.2, 0) is 4.79 Å². The maximum atomic E-state index is 11.7. The van der Waals surface area contributed by atoms with Gasteiger partial charge in [0, 0.05) is 10.6 Å². The third-order valence-corrected chi connectivity index (χ3v) is 4.81. The van der Waals surface area contributed by atoms with Crippen LogP contribution in [0.15, 0.2) is 70.8 Å². The summed E-state index contributed by atoms with van der Waals surface area (Å²) >= 11 is 1.57. The monoisotopic (exact) mass is 297 g/mol. The molecule has 0 radical (unpaired) electrons. The van der Waals surface area contributed by atoms with Crippen LogP contribution in [0.4, 0.5) is 5.69 Å². The zero-order valence-corrected chi connectivity index (χ0v) is 12.4. The number of carbonyl (C=O) groups is 1. The van der Waals surface area contributed by atoms with Crippen molar-refractivity contribution in [1.29, 1.82) is 0 Å². The number of hydrogen-bond donors (Lipinski definition) is 2. The van der Waals surface area contributed by atoms with E-state index < -0.39 is 5.97 Å². The third kappa shape index (κ3) is 2.67. The van der Waals surface area contributed by atoms with Crippen molar-refractivity contribution in [2.24, 2.45) is 0 Å². The van der Waals surface area contributed by atoms with Crippen LogP contribution >= 0.6 is 11.8 Å². The second-order valence-electron chi connectivity index (χ2n) is 4.87. The van der Waals surface area contributed by atoms with Gasteiger partial charge in [-0.3, -0.25) is 0 Å². The highest BCUT2D eigenvalue weighted by Crippen LogP contribution is 2.46. The molecule has 1 atom stereocenters. The molecule has 0 amide bonds. The minimum atomic E-state index is -0.880.